The number of aromatic carboxylic acids is 1. The van der Waals surface area contributed by atoms with Crippen LogP contribution in [0.1, 0.15) is 44.9 Å². The molecule has 3 aromatic rings. The molecule has 1 unspecified atom stereocenters. The van der Waals surface area contributed by atoms with Crippen molar-refractivity contribution in [3.05, 3.63) is 83.2 Å². The molecule has 6 nitrogen and oxygen atoms in total. The third kappa shape index (κ3) is 3.87. The van der Waals surface area contributed by atoms with E-state index in [1.807, 2.05) is 6.92 Å². The number of amides is 1. The summed E-state index contributed by atoms with van der Waals surface area (Å²) < 4.78 is 16.3. The van der Waals surface area contributed by atoms with Crippen molar-refractivity contribution in [1.29, 1.82) is 0 Å². The minimum absolute atomic E-state index is 0.0303. The second-order valence-electron chi connectivity index (χ2n) is 6.17. The normalized spacial score (nSPS) is 11.8. The van der Waals surface area contributed by atoms with Crippen LogP contribution in [0.2, 0.25) is 0 Å². The zero-order valence-corrected chi connectivity index (χ0v) is 14.8. The highest BCUT2D eigenvalue weighted by molar-refractivity contribution is 6.04. The molecule has 1 amide bonds. The van der Waals surface area contributed by atoms with Crippen molar-refractivity contribution >= 4 is 11.9 Å². The maximum absolute atomic E-state index is 14.6. The fourth-order valence-electron chi connectivity index (χ4n) is 2.81. The number of carboxylic acid groups (broad SMARTS) is 1. The average molecular weight is 367 g/mol. The van der Waals surface area contributed by atoms with Gasteiger partial charge in [-0.25, -0.2) is 14.2 Å². The van der Waals surface area contributed by atoms with Crippen LogP contribution in [0.5, 0.6) is 0 Å². The number of carboxylic acids is 1. The summed E-state index contributed by atoms with van der Waals surface area (Å²) in [5.41, 5.74) is 1.66. The highest BCUT2D eigenvalue weighted by atomic mass is 19.1. The van der Waals surface area contributed by atoms with Gasteiger partial charge >= 0.3 is 5.97 Å². The molecule has 2 N–H and O–H groups in total. The van der Waals surface area contributed by atoms with Gasteiger partial charge in [-0.05, 0) is 38.1 Å². The van der Waals surface area contributed by atoms with Crippen LogP contribution in [0.25, 0.3) is 5.69 Å². The van der Waals surface area contributed by atoms with E-state index in [1.54, 1.807) is 48.3 Å². The van der Waals surface area contributed by atoms with Crippen molar-refractivity contribution < 1.29 is 19.1 Å². The van der Waals surface area contributed by atoms with E-state index in [0.717, 1.165) is 5.69 Å². The minimum Gasteiger partial charge on any atom is -0.478 e. The van der Waals surface area contributed by atoms with Crippen LogP contribution >= 0.6 is 0 Å². The number of benzene rings is 2. The van der Waals surface area contributed by atoms with E-state index < -0.39 is 23.7 Å². The van der Waals surface area contributed by atoms with Gasteiger partial charge in [-0.2, -0.15) is 0 Å². The molecule has 0 bridgehead atoms. The summed E-state index contributed by atoms with van der Waals surface area (Å²) in [7, 11) is 0. The number of aryl methyl sites for hydroxylation is 1. The number of aromatic nitrogens is 2. The number of hydrogen-bond donors (Lipinski definition) is 2. The highest BCUT2D eigenvalue weighted by Gasteiger charge is 2.19. The van der Waals surface area contributed by atoms with Gasteiger partial charge in [0, 0.05) is 17.4 Å². The number of nitrogens with one attached hydrogen (secondary N) is 1. The lowest BCUT2D eigenvalue weighted by atomic mass is 10.0. The van der Waals surface area contributed by atoms with Crippen LogP contribution in [0.15, 0.2) is 55.0 Å². The maximum atomic E-state index is 14.6. The lowest BCUT2D eigenvalue weighted by Gasteiger charge is -2.17. The van der Waals surface area contributed by atoms with E-state index in [0.29, 0.717) is 11.3 Å². The van der Waals surface area contributed by atoms with Gasteiger partial charge in [0.15, 0.2) is 0 Å². The molecule has 0 spiro atoms. The fourth-order valence-corrected chi connectivity index (χ4v) is 2.81. The van der Waals surface area contributed by atoms with Crippen molar-refractivity contribution in [3.8, 4) is 5.69 Å². The first kappa shape index (κ1) is 18.3. The molecule has 7 heteroatoms. The zero-order chi connectivity index (χ0) is 19.6. The summed E-state index contributed by atoms with van der Waals surface area (Å²) in [5.74, 6) is -2.24. The molecule has 138 valence electrons. The van der Waals surface area contributed by atoms with Crippen LogP contribution < -0.4 is 5.32 Å². The highest BCUT2D eigenvalue weighted by Crippen LogP contribution is 2.21. The number of carbonyl (C=O) groups is 2. The Morgan fingerprint density at radius 3 is 2.48 bits per heavy atom. The number of carbonyl (C=O) groups excluding carboxylic acids is 1. The van der Waals surface area contributed by atoms with E-state index in [4.69, 9.17) is 0 Å². The summed E-state index contributed by atoms with van der Waals surface area (Å²) in [4.78, 5) is 27.8. The van der Waals surface area contributed by atoms with Gasteiger partial charge in [0.1, 0.15) is 5.82 Å². The third-order valence-corrected chi connectivity index (χ3v) is 4.21. The second-order valence-corrected chi connectivity index (χ2v) is 6.17. The predicted octanol–water partition coefficient (Wildman–Crippen LogP) is 3.51. The van der Waals surface area contributed by atoms with Crippen LogP contribution in [0.4, 0.5) is 4.39 Å². The largest absolute Gasteiger partial charge is 0.478 e. The SMILES string of the molecule is Cc1cn(-c2ccc(C(C)NC(=O)c3ccccc3C(=O)O)c(F)c2)cn1. The first-order valence-corrected chi connectivity index (χ1v) is 8.30. The molecule has 3 rings (SSSR count). The number of rotatable bonds is 5. The molecule has 0 radical (unpaired) electrons. The number of nitrogens with zero attached hydrogens (tertiary/aromatic N) is 2. The predicted molar refractivity (Wildman–Crippen MR) is 97.5 cm³/mol. The van der Waals surface area contributed by atoms with Gasteiger partial charge < -0.3 is 15.0 Å². The van der Waals surface area contributed by atoms with E-state index in [2.05, 4.69) is 10.3 Å². The summed E-state index contributed by atoms with van der Waals surface area (Å²) >= 11 is 0. The fraction of sp³-hybridized carbons (Fsp3) is 0.150. The third-order valence-electron chi connectivity index (χ3n) is 4.21. The molecule has 0 saturated carbocycles. The van der Waals surface area contributed by atoms with Crippen LogP contribution in [-0.2, 0) is 0 Å². The van der Waals surface area contributed by atoms with E-state index in [-0.39, 0.29) is 11.1 Å². The zero-order valence-electron chi connectivity index (χ0n) is 14.8. The smallest absolute Gasteiger partial charge is 0.336 e. The lowest BCUT2D eigenvalue weighted by molar-refractivity contribution is 0.0690. The topological polar surface area (TPSA) is 84.2 Å². The molecule has 1 aromatic heterocycles. The van der Waals surface area contributed by atoms with Gasteiger partial charge in [-0.15, -0.1) is 0 Å². The summed E-state index contributed by atoms with van der Waals surface area (Å²) in [5, 5.41) is 11.9. The first-order valence-electron chi connectivity index (χ1n) is 8.30. The first-order chi connectivity index (χ1) is 12.9. The monoisotopic (exact) mass is 367 g/mol. The Labute approximate surface area is 155 Å². The number of hydrogen-bond acceptors (Lipinski definition) is 3. The molecular formula is C20H18FN3O3. The van der Waals surface area contributed by atoms with Crippen molar-refractivity contribution in [2.45, 2.75) is 19.9 Å². The minimum atomic E-state index is -1.19. The summed E-state index contributed by atoms with van der Waals surface area (Å²) in [6, 6.07) is 9.94. The van der Waals surface area contributed by atoms with Gasteiger partial charge in [0.05, 0.1) is 29.2 Å². The average Bonchev–Trinajstić information content (AvgIpc) is 3.07. The van der Waals surface area contributed by atoms with E-state index in [1.165, 1.54) is 18.2 Å². The molecule has 27 heavy (non-hydrogen) atoms. The molecule has 2 aromatic carbocycles. The van der Waals surface area contributed by atoms with Crippen molar-refractivity contribution in [3.63, 3.8) is 0 Å². The van der Waals surface area contributed by atoms with Crippen molar-refractivity contribution in [1.82, 2.24) is 14.9 Å². The summed E-state index contributed by atoms with van der Waals surface area (Å²) in [6.07, 6.45) is 3.38. The van der Waals surface area contributed by atoms with Gasteiger partial charge in [0.25, 0.3) is 5.91 Å². The van der Waals surface area contributed by atoms with Gasteiger partial charge in [-0.3, -0.25) is 4.79 Å². The Morgan fingerprint density at radius 1 is 1.19 bits per heavy atom. The molecule has 0 saturated heterocycles. The molecule has 0 fully saturated rings. The number of halogens is 1. The quantitative estimate of drug-likeness (QED) is 0.723. The Hall–Kier alpha value is -3.48. The van der Waals surface area contributed by atoms with Gasteiger partial charge in [-0.1, -0.05) is 18.2 Å². The molecule has 1 heterocycles. The van der Waals surface area contributed by atoms with Gasteiger partial charge in [0.2, 0.25) is 0 Å². The Bertz CT molecular complexity index is 1010. The van der Waals surface area contributed by atoms with Crippen molar-refractivity contribution in [2.24, 2.45) is 0 Å². The molecule has 0 aliphatic heterocycles. The molecular weight excluding hydrogens is 349 g/mol. The Morgan fingerprint density at radius 2 is 1.89 bits per heavy atom. The standard InChI is InChI=1S/C20H18FN3O3/c1-12-10-24(11-22-12)14-7-8-15(18(21)9-14)13(2)23-19(25)16-5-3-4-6-17(16)20(26)27/h3-11,13H,1-2H3,(H,23,25)(H,26,27). The lowest BCUT2D eigenvalue weighted by Crippen LogP contribution is -2.28. The summed E-state index contributed by atoms with van der Waals surface area (Å²) in [6.45, 7) is 3.48. The second kappa shape index (κ2) is 7.41. The molecule has 0 aliphatic rings. The Kier molecular flexibility index (Phi) is 5.03. The Balaban J connectivity index is 1.81. The van der Waals surface area contributed by atoms with Crippen LogP contribution in [0.3, 0.4) is 0 Å². The van der Waals surface area contributed by atoms with Crippen LogP contribution in [-0.4, -0.2) is 26.5 Å². The number of imidazole rings is 1. The van der Waals surface area contributed by atoms with E-state index >= 15 is 0 Å². The van der Waals surface area contributed by atoms with Crippen molar-refractivity contribution in [2.75, 3.05) is 0 Å². The molecule has 0 aliphatic carbocycles. The van der Waals surface area contributed by atoms with Crippen LogP contribution in [0, 0.1) is 12.7 Å². The maximum Gasteiger partial charge on any atom is 0.336 e. The molecule has 1 atom stereocenters. The van der Waals surface area contributed by atoms with E-state index in [9.17, 15) is 19.1 Å².